The number of hydrogen-bond donors (Lipinski definition) is 0. The van der Waals surface area contributed by atoms with Crippen LogP contribution in [-0.4, -0.2) is 30.1 Å². The van der Waals surface area contributed by atoms with Crippen LogP contribution in [0, 0.1) is 5.92 Å². The van der Waals surface area contributed by atoms with Crippen LogP contribution < -0.4 is 9.47 Å². The Morgan fingerprint density at radius 3 is 2.60 bits per heavy atom. The Morgan fingerprint density at radius 2 is 1.88 bits per heavy atom. The molecule has 1 aliphatic heterocycles. The zero-order valence-electron chi connectivity index (χ0n) is 15.1. The number of hydrogen-bond acceptors (Lipinski definition) is 3. The second-order valence-corrected chi connectivity index (χ2v) is 7.20. The fourth-order valence-corrected chi connectivity index (χ4v) is 3.31. The molecule has 132 valence electrons. The molecule has 0 saturated heterocycles. The first kappa shape index (κ1) is 17.7. The monoisotopic (exact) mass is 355 g/mol. The van der Waals surface area contributed by atoms with E-state index in [-0.39, 0.29) is 0 Å². The molecule has 0 N–H and O–H groups in total. The molecule has 0 unspecified atom stereocenters. The number of methoxy groups -OCH3 is 1. The molecule has 0 aliphatic carbocycles. The highest BCUT2D eigenvalue weighted by atomic mass is 32.1. The highest BCUT2D eigenvalue weighted by molar-refractivity contribution is 7.80. The van der Waals surface area contributed by atoms with Gasteiger partial charge < -0.3 is 14.4 Å². The molecule has 0 bridgehead atoms. The van der Waals surface area contributed by atoms with Gasteiger partial charge in [-0.2, -0.15) is 0 Å². The second-order valence-electron chi connectivity index (χ2n) is 6.82. The number of benzene rings is 2. The van der Waals surface area contributed by atoms with Crippen molar-refractivity contribution in [3.63, 3.8) is 0 Å². The topological polar surface area (TPSA) is 21.7 Å². The zero-order valence-corrected chi connectivity index (χ0v) is 15.9. The molecule has 3 nitrogen and oxygen atoms in total. The summed E-state index contributed by atoms with van der Waals surface area (Å²) in [7, 11) is 1.67. The average Bonchev–Trinajstić information content (AvgIpc) is 2.65. The third-order valence-electron chi connectivity index (χ3n) is 4.40. The zero-order chi connectivity index (χ0) is 17.8. The molecule has 0 saturated carbocycles. The van der Waals surface area contributed by atoms with E-state index in [1.54, 1.807) is 7.11 Å². The Balaban J connectivity index is 1.76. The third-order valence-corrected chi connectivity index (χ3v) is 4.89. The fourth-order valence-electron chi connectivity index (χ4n) is 3.03. The van der Waals surface area contributed by atoms with Gasteiger partial charge in [-0.25, -0.2) is 0 Å². The standard InChI is InChI=1S/C21H25NO2S/c1-15(2)14-24-19-9-8-17(12-20(19)23-3)21(25)22-11-10-16-6-4-5-7-18(16)13-22/h4-9,12,15H,10-11,13-14H2,1-3H3. The highest BCUT2D eigenvalue weighted by Crippen LogP contribution is 2.30. The SMILES string of the molecule is COc1cc(C(=S)N2CCc3ccccc3C2)ccc1OCC(C)C. The van der Waals surface area contributed by atoms with Gasteiger partial charge in [0.25, 0.3) is 0 Å². The molecule has 1 heterocycles. The van der Waals surface area contributed by atoms with Crippen LogP contribution in [0.25, 0.3) is 0 Å². The first-order valence-electron chi connectivity index (χ1n) is 8.75. The molecular formula is C21H25NO2S. The predicted molar refractivity (Wildman–Crippen MR) is 106 cm³/mol. The lowest BCUT2D eigenvalue weighted by Gasteiger charge is -2.31. The summed E-state index contributed by atoms with van der Waals surface area (Å²) in [4.78, 5) is 3.13. The molecule has 0 spiro atoms. The second kappa shape index (κ2) is 7.87. The highest BCUT2D eigenvalue weighted by Gasteiger charge is 2.20. The van der Waals surface area contributed by atoms with E-state index in [0.717, 1.165) is 41.6 Å². The van der Waals surface area contributed by atoms with Crippen LogP contribution in [0.1, 0.15) is 30.5 Å². The van der Waals surface area contributed by atoms with Gasteiger partial charge >= 0.3 is 0 Å². The minimum atomic E-state index is 0.471. The maximum Gasteiger partial charge on any atom is 0.161 e. The molecule has 3 rings (SSSR count). The molecule has 2 aromatic rings. The number of thiocarbonyl (C=S) groups is 1. The maximum atomic E-state index is 5.83. The Morgan fingerprint density at radius 1 is 1.12 bits per heavy atom. The van der Waals surface area contributed by atoms with Crippen LogP contribution in [0.2, 0.25) is 0 Å². The first-order valence-corrected chi connectivity index (χ1v) is 9.16. The summed E-state index contributed by atoms with van der Waals surface area (Å²) in [6.45, 7) is 6.74. The smallest absolute Gasteiger partial charge is 0.161 e. The van der Waals surface area contributed by atoms with Crippen molar-refractivity contribution < 1.29 is 9.47 Å². The lowest BCUT2D eigenvalue weighted by atomic mass is 9.99. The van der Waals surface area contributed by atoms with E-state index in [0.29, 0.717) is 12.5 Å². The Kier molecular flexibility index (Phi) is 5.59. The minimum absolute atomic E-state index is 0.471. The van der Waals surface area contributed by atoms with E-state index < -0.39 is 0 Å². The maximum absolute atomic E-state index is 5.83. The number of ether oxygens (including phenoxy) is 2. The molecular weight excluding hydrogens is 330 g/mol. The summed E-state index contributed by atoms with van der Waals surface area (Å²) < 4.78 is 11.3. The van der Waals surface area contributed by atoms with Gasteiger partial charge in [0.1, 0.15) is 4.99 Å². The van der Waals surface area contributed by atoms with Gasteiger partial charge in [-0.3, -0.25) is 0 Å². The minimum Gasteiger partial charge on any atom is -0.493 e. The summed E-state index contributed by atoms with van der Waals surface area (Å²) >= 11 is 5.76. The Hall–Kier alpha value is -2.07. The Bertz CT molecular complexity index is 757. The van der Waals surface area contributed by atoms with Crippen molar-refractivity contribution in [1.82, 2.24) is 4.90 Å². The van der Waals surface area contributed by atoms with Crippen LogP contribution in [0.3, 0.4) is 0 Å². The van der Waals surface area contributed by atoms with Crippen LogP contribution in [0.5, 0.6) is 11.5 Å². The van der Waals surface area contributed by atoms with E-state index in [9.17, 15) is 0 Å². The van der Waals surface area contributed by atoms with Crippen molar-refractivity contribution in [3.8, 4) is 11.5 Å². The molecule has 0 amide bonds. The van der Waals surface area contributed by atoms with Crippen molar-refractivity contribution in [2.75, 3.05) is 20.3 Å². The van der Waals surface area contributed by atoms with Gasteiger partial charge in [0.05, 0.1) is 13.7 Å². The number of fused-ring (bicyclic) bond motifs is 1. The van der Waals surface area contributed by atoms with E-state index in [1.165, 1.54) is 11.1 Å². The summed E-state index contributed by atoms with van der Waals surface area (Å²) in [6, 6.07) is 14.6. The molecule has 0 fully saturated rings. The molecule has 25 heavy (non-hydrogen) atoms. The van der Waals surface area contributed by atoms with Gasteiger partial charge in [-0.1, -0.05) is 50.3 Å². The van der Waals surface area contributed by atoms with E-state index in [1.807, 2.05) is 18.2 Å². The summed E-state index contributed by atoms with van der Waals surface area (Å²) in [5, 5.41) is 0. The van der Waals surface area contributed by atoms with Gasteiger partial charge in [0, 0.05) is 18.7 Å². The van der Waals surface area contributed by atoms with E-state index >= 15 is 0 Å². The van der Waals surface area contributed by atoms with E-state index in [4.69, 9.17) is 21.7 Å². The molecule has 2 aromatic carbocycles. The normalized spacial score (nSPS) is 13.5. The van der Waals surface area contributed by atoms with Crippen molar-refractivity contribution in [3.05, 3.63) is 59.2 Å². The molecule has 0 aromatic heterocycles. The molecule has 1 aliphatic rings. The lowest BCUT2D eigenvalue weighted by Crippen LogP contribution is -2.35. The van der Waals surface area contributed by atoms with Crippen molar-refractivity contribution >= 4 is 17.2 Å². The van der Waals surface area contributed by atoms with Gasteiger partial charge in [0.15, 0.2) is 11.5 Å². The fraction of sp³-hybridized carbons (Fsp3) is 0.381. The van der Waals surface area contributed by atoms with Crippen LogP contribution in [-0.2, 0) is 13.0 Å². The van der Waals surface area contributed by atoms with Gasteiger partial charge in [-0.05, 0) is 41.7 Å². The summed E-state index contributed by atoms with van der Waals surface area (Å²) in [6.07, 6.45) is 1.03. The summed E-state index contributed by atoms with van der Waals surface area (Å²) in [5.74, 6) is 1.98. The third kappa shape index (κ3) is 4.13. The molecule has 0 atom stereocenters. The molecule has 4 heteroatoms. The number of rotatable bonds is 5. The average molecular weight is 356 g/mol. The van der Waals surface area contributed by atoms with Gasteiger partial charge in [0.2, 0.25) is 0 Å². The van der Waals surface area contributed by atoms with Gasteiger partial charge in [-0.15, -0.1) is 0 Å². The first-order chi connectivity index (χ1) is 12.1. The van der Waals surface area contributed by atoms with Crippen molar-refractivity contribution in [2.45, 2.75) is 26.8 Å². The van der Waals surface area contributed by atoms with Crippen LogP contribution in [0.15, 0.2) is 42.5 Å². The predicted octanol–water partition coefficient (Wildman–Crippen LogP) is 4.46. The molecule has 0 radical (unpaired) electrons. The van der Waals surface area contributed by atoms with Crippen molar-refractivity contribution in [1.29, 1.82) is 0 Å². The Labute approximate surface area is 155 Å². The van der Waals surface area contributed by atoms with Crippen LogP contribution in [0.4, 0.5) is 0 Å². The van der Waals surface area contributed by atoms with Crippen molar-refractivity contribution in [2.24, 2.45) is 5.92 Å². The quantitative estimate of drug-likeness (QED) is 0.738. The largest absolute Gasteiger partial charge is 0.493 e. The van der Waals surface area contributed by atoms with E-state index in [2.05, 4.69) is 43.0 Å². The van der Waals surface area contributed by atoms with Crippen LogP contribution >= 0.6 is 12.2 Å². The summed E-state index contributed by atoms with van der Waals surface area (Å²) in [5.41, 5.74) is 3.79. The lowest BCUT2D eigenvalue weighted by molar-refractivity contribution is 0.257. The number of nitrogens with zero attached hydrogens (tertiary/aromatic N) is 1.